The number of urea groups is 1. The highest BCUT2D eigenvalue weighted by atomic mass is 35.5. The number of fused-ring (bicyclic) bond motifs is 5. The molecule has 6 heterocycles. The average Bonchev–Trinajstić information content (AvgIpc) is 3.91. The van der Waals surface area contributed by atoms with Crippen LogP contribution in [0.2, 0.25) is 5.02 Å². The number of methoxy groups -OCH3 is 1. The highest BCUT2D eigenvalue weighted by Gasteiger charge is 2.38. The normalized spacial score (nSPS) is 16.6. The topological polar surface area (TPSA) is 217 Å². The zero-order valence-corrected chi connectivity index (χ0v) is 37.4. The molecule has 2 aromatic heterocycles. The van der Waals surface area contributed by atoms with Gasteiger partial charge in [0.05, 0.1) is 56.8 Å². The number of hydrazine groups is 1. The average molecular weight is 919 g/mol. The van der Waals surface area contributed by atoms with Gasteiger partial charge < -0.3 is 25.0 Å². The zero-order chi connectivity index (χ0) is 45.5. The quantitative estimate of drug-likeness (QED) is 0.105. The first-order valence-corrected chi connectivity index (χ1v) is 22.0. The van der Waals surface area contributed by atoms with E-state index in [1.807, 2.05) is 40.7 Å². The van der Waals surface area contributed by atoms with E-state index in [0.29, 0.717) is 69.5 Å². The number of aromatic nitrogens is 3. The van der Waals surface area contributed by atoms with Crippen LogP contribution in [0.1, 0.15) is 68.0 Å². The third kappa shape index (κ3) is 8.37. The van der Waals surface area contributed by atoms with Gasteiger partial charge in [0.15, 0.2) is 5.82 Å². The second kappa shape index (κ2) is 17.8. The Kier molecular flexibility index (Phi) is 11.8. The maximum Gasteiger partial charge on any atom is 0.342 e. The number of carbonyl (C=O) groups excluding carboxylic acids is 5. The van der Waals surface area contributed by atoms with E-state index in [1.165, 1.54) is 17.1 Å². The molecule has 5 aromatic rings. The fourth-order valence-corrected chi connectivity index (χ4v) is 9.58. The van der Waals surface area contributed by atoms with Crippen LogP contribution in [0.4, 0.5) is 21.9 Å². The van der Waals surface area contributed by atoms with E-state index in [9.17, 15) is 24.0 Å². The molecule has 0 unspecified atom stereocenters. The predicted octanol–water partition coefficient (Wildman–Crippen LogP) is 5.56. The largest absolute Gasteiger partial charge is 0.494 e. The number of azo groups is 1. The van der Waals surface area contributed by atoms with Crippen LogP contribution < -0.4 is 30.3 Å². The van der Waals surface area contributed by atoms with Crippen molar-refractivity contribution in [2.24, 2.45) is 15.2 Å². The third-order valence-electron chi connectivity index (χ3n) is 11.5. The van der Waals surface area contributed by atoms with Gasteiger partial charge in [-0.1, -0.05) is 29.8 Å². The molecule has 19 nitrogen and oxygen atoms in total. The first kappa shape index (κ1) is 43.1. The molecule has 1 saturated heterocycles. The van der Waals surface area contributed by atoms with Crippen molar-refractivity contribution in [1.82, 2.24) is 40.7 Å². The summed E-state index contributed by atoms with van der Waals surface area (Å²) in [7, 11) is 1.51. The third-order valence-corrected chi connectivity index (χ3v) is 13.0. The maximum absolute atomic E-state index is 13.5. The molecular formula is C44H43ClN12O7S. The van der Waals surface area contributed by atoms with Crippen LogP contribution in [0.25, 0.3) is 5.00 Å². The van der Waals surface area contributed by atoms with Crippen molar-refractivity contribution < 1.29 is 33.4 Å². The second-order valence-electron chi connectivity index (χ2n) is 15.7. The molecule has 1 fully saturated rings. The maximum atomic E-state index is 13.5. The molecule has 0 spiro atoms. The molecule has 4 aliphatic rings. The smallest absolute Gasteiger partial charge is 0.342 e. The number of nitrogens with one attached hydrogen (secondary N) is 3. The number of aliphatic imine (C=N–C) groups is 1. The van der Waals surface area contributed by atoms with Crippen LogP contribution >= 0.6 is 22.9 Å². The summed E-state index contributed by atoms with van der Waals surface area (Å²) in [5.74, 6) is 0.823. The van der Waals surface area contributed by atoms with Crippen molar-refractivity contribution in [2.75, 3.05) is 51.3 Å². The minimum absolute atomic E-state index is 0.00625. The van der Waals surface area contributed by atoms with Crippen LogP contribution in [0, 0.1) is 20.8 Å². The van der Waals surface area contributed by atoms with Crippen molar-refractivity contribution in [1.29, 1.82) is 0 Å². The van der Waals surface area contributed by atoms with E-state index >= 15 is 0 Å². The number of benzene rings is 3. The molecule has 1 atom stereocenters. The first-order valence-electron chi connectivity index (χ1n) is 20.8. The fourth-order valence-electron chi connectivity index (χ4n) is 8.24. The number of aryl methyl sites for hydroxylation is 2. The number of amides is 6. The fraction of sp³-hybridized carbons (Fsp3) is 0.318. The van der Waals surface area contributed by atoms with E-state index in [0.717, 1.165) is 32.3 Å². The minimum Gasteiger partial charge on any atom is -0.494 e. The van der Waals surface area contributed by atoms with Gasteiger partial charge in [0.25, 0.3) is 5.91 Å². The molecule has 65 heavy (non-hydrogen) atoms. The molecule has 3 N–H and O–H groups in total. The summed E-state index contributed by atoms with van der Waals surface area (Å²) in [6, 6.07) is 14.6. The van der Waals surface area contributed by atoms with Gasteiger partial charge in [0, 0.05) is 63.8 Å². The van der Waals surface area contributed by atoms with E-state index in [4.69, 9.17) is 26.1 Å². The molecule has 4 aliphatic heterocycles. The zero-order valence-electron chi connectivity index (χ0n) is 35.8. The van der Waals surface area contributed by atoms with E-state index < -0.39 is 18.0 Å². The Morgan fingerprint density at radius 3 is 2.54 bits per heavy atom. The molecule has 3 aromatic carbocycles. The number of nitrogens with zero attached hydrogens (tertiary/aromatic N) is 9. The molecule has 21 heteroatoms. The van der Waals surface area contributed by atoms with Gasteiger partial charge >= 0.3 is 6.03 Å². The number of rotatable bonds is 12. The summed E-state index contributed by atoms with van der Waals surface area (Å²) >= 11 is 7.88. The number of anilines is 1. The Morgan fingerprint density at radius 2 is 1.77 bits per heavy atom. The number of ether oxygens (including phenoxy) is 2. The van der Waals surface area contributed by atoms with Crippen LogP contribution in [0.3, 0.4) is 0 Å². The summed E-state index contributed by atoms with van der Waals surface area (Å²) < 4.78 is 13.7. The van der Waals surface area contributed by atoms with Gasteiger partial charge in [0.1, 0.15) is 40.7 Å². The predicted molar refractivity (Wildman–Crippen MR) is 240 cm³/mol. The summed E-state index contributed by atoms with van der Waals surface area (Å²) in [5.41, 5.74) is 6.08. The number of carbonyl (C=O) groups is 5. The van der Waals surface area contributed by atoms with Crippen LogP contribution in [0.15, 0.2) is 69.8 Å². The number of hydrogen-bond acceptors (Lipinski definition) is 14. The van der Waals surface area contributed by atoms with Crippen LogP contribution in [-0.2, 0) is 20.9 Å². The van der Waals surface area contributed by atoms with Gasteiger partial charge in [-0.15, -0.1) is 21.5 Å². The monoisotopic (exact) mass is 918 g/mol. The second-order valence-corrected chi connectivity index (χ2v) is 17.3. The van der Waals surface area contributed by atoms with E-state index in [1.54, 1.807) is 41.7 Å². The SMILES string of the molecule is COc1cc(N=Nc2cccc3c2CN(N2CCC(=O)NC2=O)C3=O)cc2c1N(CC(=O)NCCNC(=O)C[C@@H]1N=C(c3ccc(Cl)cc3)c3c(sc(C)c3C)-n3c(C)nnc31)CCO2. The molecule has 334 valence electrons. The van der Waals surface area contributed by atoms with Crippen molar-refractivity contribution >= 4 is 75.4 Å². The molecule has 0 aliphatic carbocycles. The van der Waals surface area contributed by atoms with Gasteiger partial charge in [-0.25, -0.2) is 14.8 Å². The summed E-state index contributed by atoms with van der Waals surface area (Å²) in [4.78, 5) is 72.4. The minimum atomic E-state index is -0.657. The lowest BCUT2D eigenvalue weighted by molar-refractivity contribution is -0.123. The summed E-state index contributed by atoms with van der Waals surface area (Å²) in [6.45, 7) is 7.26. The van der Waals surface area contributed by atoms with Crippen molar-refractivity contribution in [3.8, 4) is 16.5 Å². The molecule has 0 bridgehead atoms. The Labute approximate surface area is 381 Å². The molecular weight excluding hydrogens is 876 g/mol. The summed E-state index contributed by atoms with van der Waals surface area (Å²) in [5, 5.41) is 29.9. The molecule has 0 saturated carbocycles. The number of hydrogen-bond donors (Lipinski definition) is 3. The Hall–Kier alpha value is -7.19. The standard InChI is InChI=1S/C44H43ClN12O7S/c1-23-24(2)65-43-38(23)39(26-8-10-27(45)11-9-26)48-32(41-53-50-25(3)57(41)43)20-36(59)46-13-14-47-37(60)22-54-16-17-64-34-19-28(18-33(63-4)40(34)54)51-52-31-7-5-6-29-30(31)21-56(42(29)61)55-15-12-35(58)49-44(55)62/h5-11,18-19,32H,12-17,20-22H2,1-4H3,(H,46,59)(H,47,60)(H,49,58,62)/t32-/m0/s1. The van der Waals surface area contributed by atoms with Crippen LogP contribution in [0.5, 0.6) is 11.5 Å². The Bertz CT molecular complexity index is 2820. The van der Waals surface area contributed by atoms with Gasteiger partial charge in [0.2, 0.25) is 17.7 Å². The number of imide groups is 1. The Morgan fingerprint density at radius 1 is 0.985 bits per heavy atom. The van der Waals surface area contributed by atoms with Crippen molar-refractivity contribution in [3.05, 3.63) is 104 Å². The van der Waals surface area contributed by atoms with Crippen molar-refractivity contribution in [2.45, 2.75) is 46.2 Å². The van der Waals surface area contributed by atoms with Crippen molar-refractivity contribution in [3.63, 3.8) is 0 Å². The molecule has 6 amide bonds. The summed E-state index contributed by atoms with van der Waals surface area (Å²) in [6.07, 6.45) is 0.0925. The van der Waals surface area contributed by atoms with E-state index in [-0.39, 0.29) is 63.3 Å². The lowest BCUT2D eigenvalue weighted by Crippen LogP contribution is -2.56. The highest BCUT2D eigenvalue weighted by molar-refractivity contribution is 7.15. The van der Waals surface area contributed by atoms with Gasteiger partial charge in [-0.3, -0.25) is 34.1 Å². The molecule has 9 rings (SSSR count). The Balaban J connectivity index is 0.827. The van der Waals surface area contributed by atoms with Gasteiger partial charge in [-0.05, 0) is 50.6 Å². The lowest BCUT2D eigenvalue weighted by Gasteiger charge is -2.33. The first-order chi connectivity index (χ1) is 31.4. The number of halogens is 1. The molecule has 0 radical (unpaired) electrons. The van der Waals surface area contributed by atoms with E-state index in [2.05, 4.69) is 50.2 Å². The number of thiophene rings is 1. The highest BCUT2D eigenvalue weighted by Crippen LogP contribution is 2.44. The van der Waals surface area contributed by atoms with Gasteiger partial charge in [-0.2, -0.15) is 10.2 Å². The lowest BCUT2D eigenvalue weighted by atomic mass is 9.99. The van der Waals surface area contributed by atoms with Crippen LogP contribution in [-0.4, -0.2) is 107 Å².